The summed E-state index contributed by atoms with van der Waals surface area (Å²) in [6.07, 6.45) is 3.91. The zero-order valence-corrected chi connectivity index (χ0v) is 15.7. The molecule has 2 aromatic rings. The number of nitrogens with zero attached hydrogens (tertiary/aromatic N) is 4. The molecular formula is C20H25FN4O2. The largest absolute Gasteiger partial charge is 0.419 e. The van der Waals surface area contributed by atoms with E-state index in [0.717, 1.165) is 51.9 Å². The lowest BCUT2D eigenvalue weighted by atomic mass is 9.78. The Labute approximate surface area is 158 Å². The van der Waals surface area contributed by atoms with Gasteiger partial charge in [-0.05, 0) is 50.4 Å². The molecule has 2 fully saturated rings. The Morgan fingerprint density at radius 1 is 1.26 bits per heavy atom. The molecule has 0 bridgehead atoms. The third kappa shape index (κ3) is 3.60. The number of piperidine rings is 1. The van der Waals surface area contributed by atoms with Crippen LogP contribution >= 0.6 is 0 Å². The highest BCUT2D eigenvalue weighted by molar-refractivity contribution is 5.84. The van der Waals surface area contributed by atoms with Crippen molar-refractivity contribution in [2.45, 2.75) is 39.2 Å². The monoisotopic (exact) mass is 372 g/mol. The molecule has 27 heavy (non-hydrogen) atoms. The quantitative estimate of drug-likeness (QED) is 0.807. The first-order valence-electron chi connectivity index (χ1n) is 9.70. The summed E-state index contributed by atoms with van der Waals surface area (Å²) in [5, 5.41) is 8.15. The number of rotatable bonds is 5. The minimum absolute atomic E-state index is 0.251. The highest BCUT2D eigenvalue weighted by Crippen LogP contribution is 2.40. The van der Waals surface area contributed by atoms with Crippen LogP contribution in [0.3, 0.4) is 0 Å². The molecule has 0 radical (unpaired) electrons. The molecule has 7 heteroatoms. The molecule has 0 N–H and O–H groups in total. The van der Waals surface area contributed by atoms with Gasteiger partial charge in [-0.2, -0.15) is 0 Å². The van der Waals surface area contributed by atoms with Gasteiger partial charge in [-0.15, -0.1) is 10.2 Å². The van der Waals surface area contributed by atoms with E-state index in [1.807, 2.05) is 4.90 Å². The van der Waals surface area contributed by atoms with Gasteiger partial charge in [0.25, 0.3) is 0 Å². The van der Waals surface area contributed by atoms with Gasteiger partial charge >= 0.3 is 0 Å². The van der Waals surface area contributed by atoms with Gasteiger partial charge in [-0.1, -0.05) is 13.0 Å². The first kappa shape index (κ1) is 18.1. The van der Waals surface area contributed by atoms with E-state index in [2.05, 4.69) is 22.0 Å². The number of hydrogen-bond acceptors (Lipinski definition) is 5. The van der Waals surface area contributed by atoms with Gasteiger partial charge in [0.05, 0.1) is 12.0 Å². The maximum absolute atomic E-state index is 13.4. The molecule has 1 amide bonds. The van der Waals surface area contributed by atoms with Crippen molar-refractivity contribution in [1.82, 2.24) is 20.0 Å². The lowest BCUT2D eigenvalue weighted by Crippen LogP contribution is -2.50. The maximum atomic E-state index is 13.4. The average molecular weight is 372 g/mol. The normalized spacial score (nSPS) is 23.5. The second kappa shape index (κ2) is 7.38. The predicted octanol–water partition coefficient (Wildman–Crippen LogP) is 3.10. The Morgan fingerprint density at radius 2 is 2.15 bits per heavy atom. The molecule has 1 atom stereocenters. The molecule has 2 aliphatic heterocycles. The topological polar surface area (TPSA) is 62.5 Å². The molecule has 1 aromatic carbocycles. The lowest BCUT2D eigenvalue weighted by molar-refractivity contribution is -0.145. The first-order valence-corrected chi connectivity index (χ1v) is 9.70. The highest BCUT2D eigenvalue weighted by Gasteiger charge is 2.48. The molecule has 2 aliphatic rings. The van der Waals surface area contributed by atoms with E-state index in [0.29, 0.717) is 29.8 Å². The van der Waals surface area contributed by atoms with E-state index in [1.54, 1.807) is 12.1 Å². The molecule has 0 unspecified atom stereocenters. The summed E-state index contributed by atoms with van der Waals surface area (Å²) in [4.78, 5) is 17.2. The van der Waals surface area contributed by atoms with Crippen LogP contribution in [-0.4, -0.2) is 52.1 Å². The summed E-state index contributed by atoms with van der Waals surface area (Å²) in [6, 6.07) is 6.13. The predicted molar refractivity (Wildman–Crippen MR) is 98.1 cm³/mol. The second-order valence-electron chi connectivity index (χ2n) is 7.65. The zero-order chi connectivity index (χ0) is 18.9. The highest BCUT2D eigenvalue weighted by atomic mass is 19.1. The fourth-order valence-corrected chi connectivity index (χ4v) is 4.35. The summed E-state index contributed by atoms with van der Waals surface area (Å²) in [5.41, 5.74) is 0.322. The Bertz CT molecular complexity index is 822. The molecular weight excluding hydrogens is 347 g/mol. The van der Waals surface area contributed by atoms with Crippen molar-refractivity contribution >= 4 is 5.91 Å². The Balaban J connectivity index is 1.42. The Kier molecular flexibility index (Phi) is 4.95. The van der Waals surface area contributed by atoms with Crippen LogP contribution in [0.25, 0.3) is 11.5 Å². The number of carbonyl (C=O) groups is 1. The fraction of sp³-hybridized carbons (Fsp3) is 0.550. The van der Waals surface area contributed by atoms with Gasteiger partial charge in [0.15, 0.2) is 0 Å². The van der Waals surface area contributed by atoms with Crippen molar-refractivity contribution < 1.29 is 13.6 Å². The van der Waals surface area contributed by atoms with Crippen molar-refractivity contribution in [2.24, 2.45) is 5.41 Å². The number of benzene rings is 1. The van der Waals surface area contributed by atoms with Crippen molar-refractivity contribution in [2.75, 3.05) is 26.2 Å². The number of carbonyl (C=O) groups excluding carboxylic acids is 1. The molecule has 6 nitrogen and oxygen atoms in total. The van der Waals surface area contributed by atoms with Crippen LogP contribution in [0.1, 0.15) is 38.5 Å². The van der Waals surface area contributed by atoms with Gasteiger partial charge in [0.1, 0.15) is 5.82 Å². The van der Waals surface area contributed by atoms with E-state index < -0.39 is 0 Å². The van der Waals surface area contributed by atoms with Crippen LogP contribution in [0.4, 0.5) is 4.39 Å². The van der Waals surface area contributed by atoms with Gasteiger partial charge in [0.2, 0.25) is 17.7 Å². The summed E-state index contributed by atoms with van der Waals surface area (Å²) < 4.78 is 19.1. The summed E-state index contributed by atoms with van der Waals surface area (Å²) >= 11 is 0. The third-order valence-corrected chi connectivity index (χ3v) is 5.65. The van der Waals surface area contributed by atoms with Crippen LogP contribution < -0.4 is 0 Å². The van der Waals surface area contributed by atoms with Crippen LogP contribution in [0.2, 0.25) is 0 Å². The van der Waals surface area contributed by atoms with E-state index in [9.17, 15) is 9.18 Å². The standard InChI is InChI=1S/C20H25FN4O2/c1-2-9-25-10-4-7-20(19(25)26)8-11-24(14-20)13-17-22-23-18(27-17)15-5-3-6-16(21)12-15/h3,5-6,12H,2,4,7-11,13-14H2,1H3/t20-/m1/s1. The molecule has 3 heterocycles. The van der Waals surface area contributed by atoms with E-state index >= 15 is 0 Å². The average Bonchev–Trinajstić information content (AvgIpc) is 3.28. The molecule has 4 rings (SSSR count). The number of aromatic nitrogens is 2. The minimum atomic E-state index is -0.332. The van der Waals surface area contributed by atoms with Gasteiger partial charge in [-0.3, -0.25) is 9.69 Å². The molecule has 1 aromatic heterocycles. The SMILES string of the molecule is CCCN1CCC[C@]2(CCN(Cc3nnc(-c4cccc(F)c4)o3)C2)C1=O. The van der Waals surface area contributed by atoms with E-state index in [4.69, 9.17) is 4.42 Å². The summed E-state index contributed by atoms with van der Waals surface area (Å²) in [7, 11) is 0. The molecule has 2 saturated heterocycles. The molecule has 144 valence electrons. The Morgan fingerprint density at radius 3 is 2.96 bits per heavy atom. The van der Waals surface area contributed by atoms with Crippen molar-refractivity contribution in [3.05, 3.63) is 36.0 Å². The Hall–Kier alpha value is -2.28. The van der Waals surface area contributed by atoms with Crippen molar-refractivity contribution in [1.29, 1.82) is 0 Å². The molecule has 1 spiro atoms. The summed E-state index contributed by atoms with van der Waals surface area (Å²) in [6.45, 7) is 5.95. The number of halogens is 1. The van der Waals surface area contributed by atoms with E-state index in [-0.39, 0.29) is 11.2 Å². The third-order valence-electron chi connectivity index (χ3n) is 5.65. The van der Waals surface area contributed by atoms with Crippen LogP contribution in [0.15, 0.2) is 28.7 Å². The number of amides is 1. The minimum Gasteiger partial charge on any atom is -0.419 e. The van der Waals surface area contributed by atoms with Crippen LogP contribution in [0.5, 0.6) is 0 Å². The van der Waals surface area contributed by atoms with Crippen molar-refractivity contribution in [3.8, 4) is 11.5 Å². The van der Waals surface area contributed by atoms with Crippen molar-refractivity contribution in [3.63, 3.8) is 0 Å². The number of likely N-dealkylation sites (tertiary alicyclic amines) is 2. The smallest absolute Gasteiger partial charge is 0.247 e. The molecule has 0 saturated carbocycles. The fourth-order valence-electron chi connectivity index (χ4n) is 4.35. The molecule has 0 aliphatic carbocycles. The van der Waals surface area contributed by atoms with E-state index in [1.165, 1.54) is 12.1 Å². The lowest BCUT2D eigenvalue weighted by Gasteiger charge is -2.39. The van der Waals surface area contributed by atoms with Gasteiger partial charge in [0, 0.05) is 25.2 Å². The zero-order valence-electron chi connectivity index (χ0n) is 15.7. The maximum Gasteiger partial charge on any atom is 0.247 e. The second-order valence-corrected chi connectivity index (χ2v) is 7.65. The first-order chi connectivity index (χ1) is 13.1. The van der Waals surface area contributed by atoms with Gasteiger partial charge < -0.3 is 9.32 Å². The number of hydrogen-bond donors (Lipinski definition) is 0. The van der Waals surface area contributed by atoms with Crippen LogP contribution in [0, 0.1) is 11.2 Å². The summed E-state index contributed by atoms with van der Waals surface area (Å²) in [5.74, 6) is 0.798. The van der Waals surface area contributed by atoms with Crippen LogP contribution in [-0.2, 0) is 11.3 Å². The van der Waals surface area contributed by atoms with Gasteiger partial charge in [-0.25, -0.2) is 4.39 Å².